The smallest absolute Gasteiger partial charge is 0.309 e. The molecule has 0 spiro atoms. The first kappa shape index (κ1) is 13.9. The first-order valence-electron chi connectivity index (χ1n) is 5.36. The van der Waals surface area contributed by atoms with Crippen LogP contribution >= 0.6 is 0 Å². The Morgan fingerprint density at radius 2 is 1.80 bits per heavy atom. The second-order valence-electron chi connectivity index (χ2n) is 4.34. The molecule has 1 N–H and O–H groups in total. The van der Waals surface area contributed by atoms with Gasteiger partial charge in [0.15, 0.2) is 0 Å². The van der Waals surface area contributed by atoms with Crippen molar-refractivity contribution in [3.8, 4) is 0 Å². The van der Waals surface area contributed by atoms with Gasteiger partial charge in [-0.15, -0.1) is 0 Å². The second kappa shape index (κ2) is 5.73. The van der Waals surface area contributed by atoms with Crippen molar-refractivity contribution in [2.45, 2.75) is 40.5 Å². The molecular weight excluding hydrogens is 194 g/mol. The molecule has 1 amide bonds. The Kier molecular flexibility index (Phi) is 5.33. The Labute approximate surface area is 91.3 Å². The summed E-state index contributed by atoms with van der Waals surface area (Å²) in [6, 6.07) is 0. The van der Waals surface area contributed by atoms with Crippen molar-refractivity contribution < 1.29 is 14.7 Å². The van der Waals surface area contributed by atoms with Crippen LogP contribution in [0.2, 0.25) is 0 Å². The van der Waals surface area contributed by atoms with Crippen LogP contribution in [0, 0.1) is 5.41 Å². The predicted molar refractivity (Wildman–Crippen MR) is 58.6 cm³/mol. The molecule has 0 saturated carbocycles. The summed E-state index contributed by atoms with van der Waals surface area (Å²) in [5.74, 6) is -1.00. The van der Waals surface area contributed by atoms with Crippen molar-refractivity contribution in [2.24, 2.45) is 5.41 Å². The number of carboxylic acid groups (broad SMARTS) is 1. The number of hydrogen-bond donors (Lipinski definition) is 1. The van der Waals surface area contributed by atoms with Crippen LogP contribution in [0.4, 0.5) is 0 Å². The zero-order valence-electron chi connectivity index (χ0n) is 10.0. The Morgan fingerprint density at radius 3 is 2.13 bits per heavy atom. The highest BCUT2D eigenvalue weighted by atomic mass is 16.4. The summed E-state index contributed by atoms with van der Waals surface area (Å²) < 4.78 is 0. The maximum absolute atomic E-state index is 11.7. The van der Waals surface area contributed by atoms with Crippen molar-refractivity contribution >= 4 is 11.9 Å². The highest BCUT2D eigenvalue weighted by Crippen LogP contribution is 2.21. The van der Waals surface area contributed by atoms with Crippen LogP contribution in [0.15, 0.2) is 0 Å². The van der Waals surface area contributed by atoms with E-state index in [1.54, 1.807) is 18.7 Å². The average molecular weight is 215 g/mol. The van der Waals surface area contributed by atoms with Gasteiger partial charge in [0.25, 0.3) is 0 Å². The molecule has 0 unspecified atom stereocenters. The monoisotopic (exact) mass is 215 g/mol. The summed E-state index contributed by atoms with van der Waals surface area (Å²) in [4.78, 5) is 24.3. The van der Waals surface area contributed by atoms with Gasteiger partial charge in [-0.25, -0.2) is 0 Å². The zero-order valence-corrected chi connectivity index (χ0v) is 10.0. The number of hydrogen-bond acceptors (Lipinski definition) is 2. The minimum Gasteiger partial charge on any atom is -0.481 e. The Morgan fingerprint density at radius 1 is 1.27 bits per heavy atom. The lowest BCUT2D eigenvalue weighted by atomic mass is 9.89. The van der Waals surface area contributed by atoms with Crippen LogP contribution < -0.4 is 0 Å². The molecular formula is C11H21NO3. The largest absolute Gasteiger partial charge is 0.481 e. The number of carbonyl (C=O) groups is 2. The topological polar surface area (TPSA) is 57.6 Å². The van der Waals surface area contributed by atoms with Crippen LogP contribution in [0.3, 0.4) is 0 Å². The maximum Gasteiger partial charge on any atom is 0.309 e. The summed E-state index contributed by atoms with van der Waals surface area (Å²) >= 11 is 0. The SMILES string of the molecule is CCCN(CC)C(=O)CC(C)(C)C(=O)O. The molecule has 15 heavy (non-hydrogen) atoms. The second-order valence-corrected chi connectivity index (χ2v) is 4.34. The molecule has 0 aromatic carbocycles. The first-order chi connectivity index (χ1) is 6.85. The van der Waals surface area contributed by atoms with E-state index in [1.165, 1.54) is 0 Å². The van der Waals surface area contributed by atoms with Crippen molar-refractivity contribution in [2.75, 3.05) is 13.1 Å². The number of rotatable bonds is 6. The van der Waals surface area contributed by atoms with E-state index in [0.717, 1.165) is 6.42 Å². The van der Waals surface area contributed by atoms with E-state index < -0.39 is 11.4 Å². The minimum atomic E-state index is -0.974. The van der Waals surface area contributed by atoms with Crippen LogP contribution in [0.5, 0.6) is 0 Å². The minimum absolute atomic E-state index is 0.0656. The van der Waals surface area contributed by atoms with Crippen molar-refractivity contribution in [1.82, 2.24) is 4.90 Å². The van der Waals surface area contributed by atoms with Gasteiger partial charge in [-0.1, -0.05) is 6.92 Å². The molecule has 0 rings (SSSR count). The van der Waals surface area contributed by atoms with E-state index in [4.69, 9.17) is 5.11 Å². The van der Waals surface area contributed by atoms with Crippen molar-refractivity contribution in [1.29, 1.82) is 0 Å². The number of nitrogens with zero attached hydrogens (tertiary/aromatic N) is 1. The lowest BCUT2D eigenvalue weighted by Crippen LogP contribution is -2.37. The molecule has 0 radical (unpaired) electrons. The quantitative estimate of drug-likeness (QED) is 0.734. The highest BCUT2D eigenvalue weighted by molar-refractivity contribution is 5.84. The van der Waals surface area contributed by atoms with E-state index in [0.29, 0.717) is 13.1 Å². The third kappa shape index (κ3) is 4.32. The van der Waals surface area contributed by atoms with Gasteiger partial charge >= 0.3 is 5.97 Å². The third-order valence-corrected chi connectivity index (χ3v) is 2.40. The number of carbonyl (C=O) groups excluding carboxylic acids is 1. The van der Waals surface area contributed by atoms with Gasteiger partial charge < -0.3 is 10.0 Å². The molecule has 4 nitrogen and oxygen atoms in total. The average Bonchev–Trinajstić information content (AvgIpc) is 2.12. The molecule has 0 aromatic rings. The highest BCUT2D eigenvalue weighted by Gasteiger charge is 2.31. The fourth-order valence-electron chi connectivity index (χ4n) is 1.29. The van der Waals surface area contributed by atoms with E-state index in [2.05, 4.69) is 0 Å². The molecule has 0 aliphatic heterocycles. The summed E-state index contributed by atoms with van der Waals surface area (Å²) in [5, 5.41) is 8.90. The molecule has 0 aliphatic carbocycles. The van der Waals surface area contributed by atoms with Gasteiger partial charge in [-0.05, 0) is 27.2 Å². The molecule has 0 fully saturated rings. The molecule has 0 aliphatic rings. The van der Waals surface area contributed by atoms with Crippen LogP contribution in [0.25, 0.3) is 0 Å². The first-order valence-corrected chi connectivity index (χ1v) is 5.36. The van der Waals surface area contributed by atoms with E-state index in [-0.39, 0.29) is 12.3 Å². The lowest BCUT2D eigenvalue weighted by molar-refractivity contribution is -0.151. The molecule has 0 saturated heterocycles. The van der Waals surface area contributed by atoms with Crippen molar-refractivity contribution in [3.63, 3.8) is 0 Å². The van der Waals surface area contributed by atoms with Gasteiger partial charge in [0.2, 0.25) is 5.91 Å². The Hall–Kier alpha value is -1.06. The predicted octanol–water partition coefficient (Wildman–Crippen LogP) is 1.75. The zero-order chi connectivity index (χ0) is 12.1. The fraction of sp³-hybridized carbons (Fsp3) is 0.818. The van der Waals surface area contributed by atoms with Crippen LogP contribution in [-0.4, -0.2) is 35.0 Å². The summed E-state index contributed by atoms with van der Waals surface area (Å²) in [6.07, 6.45) is 0.962. The maximum atomic E-state index is 11.7. The molecule has 88 valence electrons. The standard InChI is InChI=1S/C11H21NO3/c1-5-7-12(6-2)9(13)8-11(3,4)10(14)15/h5-8H2,1-4H3,(H,14,15). The molecule has 0 bridgehead atoms. The third-order valence-electron chi connectivity index (χ3n) is 2.40. The van der Waals surface area contributed by atoms with Gasteiger partial charge in [0.05, 0.1) is 5.41 Å². The van der Waals surface area contributed by atoms with Crippen LogP contribution in [0.1, 0.15) is 40.5 Å². The van der Waals surface area contributed by atoms with Crippen molar-refractivity contribution in [3.05, 3.63) is 0 Å². The lowest BCUT2D eigenvalue weighted by Gasteiger charge is -2.25. The summed E-state index contributed by atoms with van der Waals surface area (Å²) in [5.41, 5.74) is -0.974. The van der Waals surface area contributed by atoms with E-state index in [9.17, 15) is 9.59 Å². The molecule has 0 atom stereocenters. The number of aliphatic carboxylic acids is 1. The summed E-state index contributed by atoms with van der Waals surface area (Å²) in [7, 11) is 0. The molecule has 0 heterocycles. The van der Waals surface area contributed by atoms with E-state index >= 15 is 0 Å². The van der Waals surface area contributed by atoms with Gasteiger partial charge in [0, 0.05) is 19.5 Å². The van der Waals surface area contributed by atoms with Gasteiger partial charge in [-0.2, -0.15) is 0 Å². The fourth-order valence-corrected chi connectivity index (χ4v) is 1.29. The van der Waals surface area contributed by atoms with Gasteiger partial charge in [0.1, 0.15) is 0 Å². The molecule has 4 heteroatoms. The number of carboxylic acids is 1. The Balaban J connectivity index is 4.39. The normalized spacial score (nSPS) is 11.2. The number of amides is 1. The molecule has 0 aromatic heterocycles. The van der Waals surface area contributed by atoms with E-state index in [1.807, 2.05) is 13.8 Å². The van der Waals surface area contributed by atoms with Crippen LogP contribution in [-0.2, 0) is 9.59 Å². The summed E-state index contributed by atoms with van der Waals surface area (Å²) in [6.45, 7) is 8.40. The van der Waals surface area contributed by atoms with Gasteiger partial charge in [-0.3, -0.25) is 9.59 Å². The Bertz CT molecular complexity index is 236.